The third-order valence-electron chi connectivity index (χ3n) is 6.99. The first-order chi connectivity index (χ1) is 29.4. The molecule has 0 amide bonds. The number of aliphatic imine (C=N–C) groups is 1. The summed E-state index contributed by atoms with van der Waals surface area (Å²) in [5.41, 5.74) is 51.7. The fourth-order valence-electron chi connectivity index (χ4n) is 3.57. The van der Waals surface area contributed by atoms with E-state index in [2.05, 4.69) is 26.3 Å². The van der Waals surface area contributed by atoms with Crippen LogP contribution in [0.5, 0.6) is 0 Å². The Kier molecular flexibility index (Phi) is 88.1. The van der Waals surface area contributed by atoms with Crippen LogP contribution in [0, 0.1) is 0 Å². The van der Waals surface area contributed by atoms with Crippen molar-refractivity contribution in [2.24, 2.45) is 62.3 Å². The second-order valence-electron chi connectivity index (χ2n) is 13.6. The van der Waals surface area contributed by atoms with Crippen LogP contribution in [-0.4, -0.2) is 159 Å². The highest BCUT2D eigenvalue weighted by Gasteiger charge is 2.00. The predicted octanol–water partition coefficient (Wildman–Crippen LogP) is -2.04. The van der Waals surface area contributed by atoms with Crippen molar-refractivity contribution in [3.63, 3.8) is 0 Å². The quantitative estimate of drug-likeness (QED) is 0.0160. The lowest BCUT2D eigenvalue weighted by atomic mass is 10.1. The Morgan fingerprint density at radius 2 is 0.823 bits per heavy atom. The first-order valence-electron chi connectivity index (χ1n) is 21.5. The molecule has 0 aliphatic carbocycles. The number of carbonyl (C=O) groups is 7. The zero-order valence-electron chi connectivity index (χ0n) is 39.7. The van der Waals surface area contributed by atoms with E-state index in [1.807, 2.05) is 42.0 Å². The summed E-state index contributed by atoms with van der Waals surface area (Å²) in [5.74, 6) is 0.0738. The van der Waals surface area contributed by atoms with Crippen molar-refractivity contribution in [3.05, 3.63) is 0 Å². The van der Waals surface area contributed by atoms with E-state index in [0.717, 1.165) is 135 Å². The van der Waals surface area contributed by atoms with Gasteiger partial charge in [-0.25, -0.2) is 0 Å². The van der Waals surface area contributed by atoms with Crippen LogP contribution in [0.1, 0.15) is 111 Å². The number of aldehydes is 7. The van der Waals surface area contributed by atoms with Gasteiger partial charge in [0, 0.05) is 13.1 Å². The van der Waals surface area contributed by atoms with E-state index in [9.17, 15) is 28.8 Å². The van der Waals surface area contributed by atoms with E-state index < -0.39 is 0 Å². The molecule has 0 saturated carbocycles. The first-order valence-corrected chi connectivity index (χ1v) is 21.5. The number of hydrogen-bond acceptors (Lipinski definition) is 19. The molecule has 21 nitrogen and oxygen atoms in total. The molecule has 0 aromatic rings. The third-order valence-corrected chi connectivity index (χ3v) is 6.99. The molecule has 372 valence electrons. The van der Waals surface area contributed by atoms with Gasteiger partial charge in [0.2, 0.25) is 0 Å². The maximum atomic E-state index is 10.1. The molecule has 0 aromatic carbocycles. The Balaban J connectivity index is -0.0000000925. The fourth-order valence-corrected chi connectivity index (χ4v) is 3.57. The Morgan fingerprint density at radius 3 is 1.05 bits per heavy atom. The normalized spacial score (nSPS) is 12.3. The van der Waals surface area contributed by atoms with Crippen molar-refractivity contribution in [2.75, 3.05) is 67.5 Å². The van der Waals surface area contributed by atoms with Gasteiger partial charge in [-0.15, -0.1) is 0 Å². The van der Waals surface area contributed by atoms with E-state index in [1.54, 1.807) is 6.92 Å². The molecule has 6 unspecified atom stereocenters. The minimum absolute atomic E-state index is 0.0738. The zero-order chi connectivity index (χ0) is 49.8. The molecule has 0 radical (unpaired) electrons. The largest absolute Gasteiger partial charge is 0.370 e. The lowest BCUT2D eigenvalue weighted by Crippen LogP contribution is -2.24. The number of guanidine groups is 1. The Hall–Kier alpha value is -3.48. The van der Waals surface area contributed by atoms with Gasteiger partial charge in [0.15, 0.2) is 5.96 Å². The molecule has 0 spiro atoms. The number of rotatable bonds is 30. The van der Waals surface area contributed by atoms with E-state index in [4.69, 9.17) is 56.4 Å². The Morgan fingerprint density at radius 1 is 0.532 bits per heavy atom. The molecule has 62 heavy (non-hydrogen) atoms. The maximum absolute atomic E-state index is 10.1. The molecule has 0 fully saturated rings. The van der Waals surface area contributed by atoms with Gasteiger partial charge in [-0.05, 0) is 126 Å². The molecule has 0 aliphatic rings. The van der Waals surface area contributed by atoms with Crippen LogP contribution in [0.25, 0.3) is 0 Å². The van der Waals surface area contributed by atoms with Gasteiger partial charge in [0.1, 0.15) is 44.0 Å². The number of nitrogens with zero attached hydrogens (tertiary/aromatic N) is 2. The topological polar surface area (TPSA) is 419 Å². The lowest BCUT2D eigenvalue weighted by Gasteiger charge is -2.09. The standard InChI is InChI=1S/C8H18N2O.2C7H16N2O.C6H14N4O.C6H14N2O.C3H7NO.C2H5NO.C2H6/c1-10(2)6-4-3-5-8(9)7-11;2*1-9-5-3-2-4-7(8)6-10;7-5(4-11)2-1-3-10-6(8)9;7-4-2-1-3-6(8)5-9;1-3(4)2-5;3-1-2-4;1-2/h7-8H,3-6,9H2,1-2H3;2*6-7,9H,2-5,8H2,1H3;4-5H,1-3,7H2,(H4,8,9,10);5-6H,1-4,7-8H2;2-3H,4H2,1H3;2H,1,3H2;1-2H3. The monoisotopic (exact) mass is 897 g/mol. The number of carbonyl (C=O) groups excluding carboxylic acids is 7. The average Bonchev–Trinajstić information content (AvgIpc) is 3.28. The van der Waals surface area contributed by atoms with E-state index in [-0.39, 0.29) is 48.8 Å². The summed E-state index contributed by atoms with van der Waals surface area (Å²) in [6, 6.07) is -1.72. The van der Waals surface area contributed by atoms with Gasteiger partial charge in [-0.2, -0.15) is 0 Å². The zero-order valence-corrected chi connectivity index (χ0v) is 39.7. The molecule has 0 aliphatic heterocycles. The van der Waals surface area contributed by atoms with Gasteiger partial charge in [0.05, 0.1) is 36.3 Å². The fraction of sp³-hybridized carbons (Fsp3) is 0.805. The first kappa shape index (κ1) is 75.9. The van der Waals surface area contributed by atoms with Crippen molar-refractivity contribution < 1.29 is 33.6 Å². The van der Waals surface area contributed by atoms with Gasteiger partial charge in [-0.3, -0.25) is 4.99 Å². The molecule has 0 rings (SSSR count). The molecule has 22 N–H and O–H groups in total. The molecule has 0 aromatic heterocycles. The van der Waals surface area contributed by atoms with E-state index >= 15 is 0 Å². The van der Waals surface area contributed by atoms with Crippen LogP contribution < -0.4 is 68.0 Å². The predicted molar refractivity (Wildman–Crippen MR) is 257 cm³/mol. The number of unbranched alkanes of at least 4 members (excludes halogenated alkanes) is 4. The van der Waals surface area contributed by atoms with Crippen LogP contribution in [0.15, 0.2) is 4.99 Å². The summed E-state index contributed by atoms with van der Waals surface area (Å²) in [5, 5.41) is 6.06. The number of nitrogens with two attached hydrogens (primary N) is 10. The van der Waals surface area contributed by atoms with E-state index in [1.165, 1.54) is 0 Å². The highest BCUT2D eigenvalue weighted by atomic mass is 16.1. The van der Waals surface area contributed by atoms with Crippen molar-refractivity contribution in [1.29, 1.82) is 0 Å². The highest BCUT2D eigenvalue weighted by Crippen LogP contribution is 1.98. The van der Waals surface area contributed by atoms with Crippen molar-refractivity contribution in [1.82, 2.24) is 15.5 Å². The van der Waals surface area contributed by atoms with Crippen molar-refractivity contribution >= 4 is 50.0 Å². The minimum Gasteiger partial charge on any atom is -0.370 e. The smallest absolute Gasteiger partial charge is 0.185 e. The maximum Gasteiger partial charge on any atom is 0.185 e. The van der Waals surface area contributed by atoms with Crippen LogP contribution in [0.2, 0.25) is 0 Å². The van der Waals surface area contributed by atoms with Crippen LogP contribution in [-0.2, 0) is 33.6 Å². The van der Waals surface area contributed by atoms with Crippen LogP contribution in [0.4, 0.5) is 0 Å². The molecular formula is C41H96N14O7. The van der Waals surface area contributed by atoms with Crippen LogP contribution in [0.3, 0.4) is 0 Å². The summed E-state index contributed by atoms with van der Waals surface area (Å²) in [4.78, 5) is 74.4. The average molecular weight is 897 g/mol. The van der Waals surface area contributed by atoms with E-state index in [0.29, 0.717) is 32.1 Å². The summed E-state index contributed by atoms with van der Waals surface area (Å²) in [6.07, 6.45) is 18.1. The summed E-state index contributed by atoms with van der Waals surface area (Å²) >= 11 is 0. The molecule has 21 heteroatoms. The SMILES string of the molecule is CC.CC(N)C=O.CN(C)CCCCC(N)C=O.CNCCCCC(N)C=O.CNCCCCC(N)C=O.NC(N)=NCCCC(N)C=O.NCC=O.NCCCCC(N)C=O. The highest BCUT2D eigenvalue weighted by molar-refractivity contribution is 5.75. The van der Waals surface area contributed by atoms with Gasteiger partial charge < -0.3 is 106 Å². The molecule has 0 bridgehead atoms. The number of hydrogen-bond donors (Lipinski definition) is 12. The molecule has 0 saturated heterocycles. The minimum atomic E-state index is -0.385. The molecule has 0 heterocycles. The summed E-state index contributed by atoms with van der Waals surface area (Å²) in [7, 11) is 7.92. The Labute approximate surface area is 375 Å². The molecular weight excluding hydrogens is 801 g/mol. The van der Waals surface area contributed by atoms with Crippen molar-refractivity contribution in [2.45, 2.75) is 147 Å². The van der Waals surface area contributed by atoms with Gasteiger partial charge in [-0.1, -0.05) is 39.5 Å². The van der Waals surface area contributed by atoms with Crippen LogP contribution >= 0.6 is 0 Å². The lowest BCUT2D eigenvalue weighted by molar-refractivity contribution is -0.109. The molecule has 6 atom stereocenters. The number of nitrogens with one attached hydrogen (secondary N) is 2. The third kappa shape index (κ3) is 106. The van der Waals surface area contributed by atoms with Gasteiger partial charge in [0.25, 0.3) is 0 Å². The second-order valence-corrected chi connectivity index (χ2v) is 13.6. The van der Waals surface area contributed by atoms with Gasteiger partial charge >= 0.3 is 0 Å². The summed E-state index contributed by atoms with van der Waals surface area (Å²) in [6.45, 7) is 10.1. The second kappa shape index (κ2) is 72.0. The summed E-state index contributed by atoms with van der Waals surface area (Å²) < 4.78 is 0. The van der Waals surface area contributed by atoms with Crippen molar-refractivity contribution in [3.8, 4) is 0 Å². The Bertz CT molecular complexity index is 915.